The van der Waals surface area contributed by atoms with Gasteiger partial charge < -0.3 is 15.1 Å². The Hall–Kier alpha value is -0.610. The Morgan fingerprint density at radius 3 is 2.40 bits per heavy atom. The first-order chi connectivity index (χ1) is 7.11. The predicted molar refractivity (Wildman–Crippen MR) is 61.8 cm³/mol. The van der Waals surface area contributed by atoms with Crippen LogP contribution in [0.3, 0.4) is 0 Å². The summed E-state index contributed by atoms with van der Waals surface area (Å²) in [5.74, 6) is 0.218. The Balaban J connectivity index is 2.22. The van der Waals surface area contributed by atoms with Gasteiger partial charge in [-0.05, 0) is 33.0 Å². The van der Waals surface area contributed by atoms with Gasteiger partial charge in [-0.25, -0.2) is 0 Å². The number of carbonyl (C=O) groups excluding carboxylic acids is 1. The van der Waals surface area contributed by atoms with Crippen LogP contribution in [0.25, 0.3) is 0 Å². The standard InChI is InChI=1S/C11H23N3O/c1-13(2)11(15)6-9-14(3)10-4-7-12-8-5-10/h10,12H,4-9H2,1-3H3. The molecule has 0 aromatic heterocycles. The minimum atomic E-state index is 0.218. The highest BCUT2D eigenvalue weighted by atomic mass is 16.2. The monoisotopic (exact) mass is 213 g/mol. The summed E-state index contributed by atoms with van der Waals surface area (Å²) in [5.41, 5.74) is 0. The summed E-state index contributed by atoms with van der Waals surface area (Å²) in [6.07, 6.45) is 3.03. The van der Waals surface area contributed by atoms with E-state index >= 15 is 0 Å². The molecule has 1 N–H and O–H groups in total. The summed E-state index contributed by atoms with van der Waals surface area (Å²) in [4.78, 5) is 15.4. The topological polar surface area (TPSA) is 35.6 Å². The van der Waals surface area contributed by atoms with Gasteiger partial charge in [0.25, 0.3) is 0 Å². The molecule has 1 saturated heterocycles. The van der Waals surface area contributed by atoms with Gasteiger partial charge in [0.1, 0.15) is 0 Å². The third-order valence-corrected chi connectivity index (χ3v) is 3.11. The fraction of sp³-hybridized carbons (Fsp3) is 0.909. The molecule has 1 aliphatic rings. The highest BCUT2D eigenvalue weighted by Gasteiger charge is 2.18. The van der Waals surface area contributed by atoms with Crippen molar-refractivity contribution in [2.75, 3.05) is 40.8 Å². The largest absolute Gasteiger partial charge is 0.349 e. The van der Waals surface area contributed by atoms with E-state index in [9.17, 15) is 4.79 Å². The van der Waals surface area contributed by atoms with Gasteiger partial charge in [-0.2, -0.15) is 0 Å². The van der Waals surface area contributed by atoms with Gasteiger partial charge in [0.05, 0.1) is 0 Å². The van der Waals surface area contributed by atoms with Crippen LogP contribution in [0.2, 0.25) is 0 Å². The zero-order valence-corrected chi connectivity index (χ0v) is 10.1. The summed E-state index contributed by atoms with van der Waals surface area (Å²) in [5, 5.41) is 3.35. The number of hydrogen-bond donors (Lipinski definition) is 1. The van der Waals surface area contributed by atoms with Crippen LogP contribution >= 0.6 is 0 Å². The average Bonchev–Trinajstić information content (AvgIpc) is 2.26. The molecule has 0 unspecified atom stereocenters. The molecule has 15 heavy (non-hydrogen) atoms. The third kappa shape index (κ3) is 4.18. The Bertz CT molecular complexity index is 200. The van der Waals surface area contributed by atoms with Crippen molar-refractivity contribution in [3.63, 3.8) is 0 Å². The lowest BCUT2D eigenvalue weighted by molar-refractivity contribution is -0.129. The Morgan fingerprint density at radius 2 is 1.87 bits per heavy atom. The molecular weight excluding hydrogens is 190 g/mol. The highest BCUT2D eigenvalue weighted by molar-refractivity contribution is 5.75. The number of hydrogen-bond acceptors (Lipinski definition) is 3. The van der Waals surface area contributed by atoms with Gasteiger partial charge >= 0.3 is 0 Å². The normalized spacial score (nSPS) is 18.1. The Morgan fingerprint density at radius 1 is 1.27 bits per heavy atom. The fourth-order valence-electron chi connectivity index (χ4n) is 1.93. The van der Waals surface area contributed by atoms with Gasteiger partial charge in [0.15, 0.2) is 0 Å². The number of amides is 1. The zero-order chi connectivity index (χ0) is 11.3. The summed E-state index contributed by atoms with van der Waals surface area (Å²) in [6.45, 7) is 3.09. The Kier molecular flexibility index (Phi) is 5.05. The molecule has 1 fully saturated rings. The van der Waals surface area contributed by atoms with E-state index in [4.69, 9.17) is 0 Å². The van der Waals surface area contributed by atoms with E-state index in [1.54, 1.807) is 4.90 Å². The first-order valence-electron chi connectivity index (χ1n) is 5.72. The third-order valence-electron chi connectivity index (χ3n) is 3.11. The number of piperidine rings is 1. The van der Waals surface area contributed by atoms with Crippen LogP contribution in [-0.4, -0.2) is 62.5 Å². The maximum atomic E-state index is 11.4. The van der Waals surface area contributed by atoms with E-state index in [1.165, 1.54) is 12.8 Å². The van der Waals surface area contributed by atoms with Crippen LogP contribution in [0.1, 0.15) is 19.3 Å². The second kappa shape index (κ2) is 6.08. The van der Waals surface area contributed by atoms with Gasteiger partial charge in [0.2, 0.25) is 5.91 Å². The van der Waals surface area contributed by atoms with Crippen LogP contribution < -0.4 is 5.32 Å². The summed E-state index contributed by atoms with van der Waals surface area (Å²) < 4.78 is 0. The quantitative estimate of drug-likeness (QED) is 0.722. The average molecular weight is 213 g/mol. The van der Waals surface area contributed by atoms with Crippen molar-refractivity contribution in [3.8, 4) is 0 Å². The lowest BCUT2D eigenvalue weighted by Gasteiger charge is -2.31. The molecule has 0 saturated carbocycles. The van der Waals surface area contributed by atoms with Gasteiger partial charge in [-0.1, -0.05) is 0 Å². The number of nitrogens with zero attached hydrogens (tertiary/aromatic N) is 2. The number of rotatable bonds is 4. The first-order valence-corrected chi connectivity index (χ1v) is 5.72. The minimum absolute atomic E-state index is 0.218. The molecule has 88 valence electrons. The van der Waals surface area contributed by atoms with E-state index in [-0.39, 0.29) is 5.91 Å². The predicted octanol–water partition coefficient (Wildman–Crippen LogP) is 0.149. The molecule has 1 amide bonds. The maximum Gasteiger partial charge on any atom is 0.223 e. The molecule has 4 nitrogen and oxygen atoms in total. The summed E-state index contributed by atoms with van der Waals surface area (Å²) >= 11 is 0. The molecule has 1 heterocycles. The molecule has 4 heteroatoms. The molecular formula is C11H23N3O. The molecule has 0 aromatic rings. The van der Waals surface area contributed by atoms with Crippen LogP contribution in [0.5, 0.6) is 0 Å². The van der Waals surface area contributed by atoms with Crippen molar-refractivity contribution in [2.45, 2.75) is 25.3 Å². The molecule has 0 aliphatic carbocycles. The van der Waals surface area contributed by atoms with Gasteiger partial charge in [-0.3, -0.25) is 4.79 Å². The minimum Gasteiger partial charge on any atom is -0.349 e. The lowest BCUT2D eigenvalue weighted by Crippen LogP contribution is -2.42. The molecule has 1 rings (SSSR count). The highest BCUT2D eigenvalue weighted by Crippen LogP contribution is 2.10. The van der Waals surface area contributed by atoms with Crippen LogP contribution in [0.4, 0.5) is 0 Å². The van der Waals surface area contributed by atoms with E-state index < -0.39 is 0 Å². The number of carbonyl (C=O) groups is 1. The first kappa shape index (κ1) is 12.5. The smallest absolute Gasteiger partial charge is 0.223 e. The summed E-state index contributed by atoms with van der Waals surface area (Å²) in [6, 6.07) is 0.654. The van der Waals surface area contributed by atoms with Gasteiger partial charge in [0, 0.05) is 33.1 Å². The summed E-state index contributed by atoms with van der Waals surface area (Å²) in [7, 11) is 5.75. The molecule has 0 aromatic carbocycles. The molecule has 0 radical (unpaired) electrons. The van der Waals surface area contributed by atoms with Crippen molar-refractivity contribution in [1.29, 1.82) is 0 Å². The molecule has 0 atom stereocenters. The van der Waals surface area contributed by atoms with E-state index in [0.717, 1.165) is 19.6 Å². The molecule has 0 bridgehead atoms. The fourth-order valence-corrected chi connectivity index (χ4v) is 1.93. The van der Waals surface area contributed by atoms with Crippen LogP contribution in [0, 0.1) is 0 Å². The Labute approximate surface area is 92.6 Å². The molecule has 1 aliphatic heterocycles. The SMILES string of the molecule is CN(C)C(=O)CCN(C)C1CCNCC1. The van der Waals surface area contributed by atoms with Gasteiger partial charge in [-0.15, -0.1) is 0 Å². The van der Waals surface area contributed by atoms with E-state index in [2.05, 4.69) is 17.3 Å². The van der Waals surface area contributed by atoms with E-state index in [1.807, 2.05) is 14.1 Å². The zero-order valence-electron chi connectivity index (χ0n) is 10.1. The maximum absolute atomic E-state index is 11.4. The van der Waals surface area contributed by atoms with Crippen molar-refractivity contribution in [2.24, 2.45) is 0 Å². The second-order valence-electron chi connectivity index (χ2n) is 4.50. The lowest BCUT2D eigenvalue weighted by atomic mass is 10.1. The van der Waals surface area contributed by atoms with Crippen LogP contribution in [0.15, 0.2) is 0 Å². The van der Waals surface area contributed by atoms with Crippen molar-refractivity contribution in [1.82, 2.24) is 15.1 Å². The van der Waals surface area contributed by atoms with Crippen LogP contribution in [-0.2, 0) is 4.79 Å². The van der Waals surface area contributed by atoms with Crippen molar-refractivity contribution >= 4 is 5.91 Å². The second-order valence-corrected chi connectivity index (χ2v) is 4.50. The van der Waals surface area contributed by atoms with Crippen molar-refractivity contribution in [3.05, 3.63) is 0 Å². The van der Waals surface area contributed by atoms with E-state index in [0.29, 0.717) is 12.5 Å². The molecule has 0 spiro atoms. The van der Waals surface area contributed by atoms with Crippen molar-refractivity contribution < 1.29 is 4.79 Å². The number of nitrogens with one attached hydrogen (secondary N) is 1.